The summed E-state index contributed by atoms with van der Waals surface area (Å²) in [5.74, 6) is 9.98. The average molecular weight is 322 g/mol. The Labute approximate surface area is 146 Å². The highest BCUT2D eigenvalue weighted by molar-refractivity contribution is 5.91. The Morgan fingerprint density at radius 3 is 2.88 bits per heavy atom. The highest BCUT2D eigenvalue weighted by Crippen LogP contribution is 2.75. The van der Waals surface area contributed by atoms with E-state index in [4.69, 9.17) is 6.42 Å². The Morgan fingerprint density at radius 2 is 2.12 bits per heavy atom. The molecule has 1 nitrogen and oxygen atoms in total. The molecule has 9 atom stereocenters. The van der Waals surface area contributed by atoms with Crippen LogP contribution in [0.2, 0.25) is 0 Å². The number of carbonyl (C=O) groups excluding carboxylic acids is 1. The van der Waals surface area contributed by atoms with Gasteiger partial charge in [0.1, 0.15) is 0 Å². The van der Waals surface area contributed by atoms with Gasteiger partial charge in [0.05, 0.1) is 0 Å². The third-order valence-electron chi connectivity index (χ3n) is 8.97. The van der Waals surface area contributed by atoms with Gasteiger partial charge in [-0.15, -0.1) is 12.3 Å². The van der Waals surface area contributed by atoms with Gasteiger partial charge in [0.15, 0.2) is 5.78 Å². The maximum Gasteiger partial charge on any atom is 0.155 e. The highest BCUT2D eigenvalue weighted by Gasteiger charge is 2.69. The summed E-state index contributed by atoms with van der Waals surface area (Å²) in [6.45, 7) is 4.91. The molecule has 1 heteroatoms. The van der Waals surface area contributed by atoms with Crippen LogP contribution in [0.3, 0.4) is 0 Å². The maximum absolute atomic E-state index is 11.9. The number of terminal acetylenes is 1. The molecule has 0 bridgehead atoms. The van der Waals surface area contributed by atoms with Crippen LogP contribution in [0.25, 0.3) is 0 Å². The van der Waals surface area contributed by atoms with Crippen molar-refractivity contribution in [1.82, 2.24) is 0 Å². The summed E-state index contributed by atoms with van der Waals surface area (Å²) in [5.41, 5.74) is 1.92. The van der Waals surface area contributed by atoms with E-state index in [9.17, 15) is 4.79 Å². The Kier molecular flexibility index (Phi) is 3.17. The van der Waals surface area contributed by atoms with Crippen LogP contribution < -0.4 is 0 Å². The van der Waals surface area contributed by atoms with Crippen molar-refractivity contribution >= 4 is 5.78 Å². The molecule has 24 heavy (non-hydrogen) atoms. The van der Waals surface area contributed by atoms with Crippen LogP contribution >= 0.6 is 0 Å². The Balaban J connectivity index is 1.55. The molecule has 5 aliphatic carbocycles. The molecule has 0 amide bonds. The number of fused-ring (bicyclic) bond motifs is 7. The fourth-order valence-corrected chi connectivity index (χ4v) is 8.05. The summed E-state index contributed by atoms with van der Waals surface area (Å²) in [7, 11) is 0. The summed E-state index contributed by atoms with van der Waals surface area (Å²) >= 11 is 0. The van der Waals surface area contributed by atoms with E-state index < -0.39 is 0 Å². The Bertz CT molecular complexity index is 651. The lowest BCUT2D eigenvalue weighted by molar-refractivity contribution is -0.116. The van der Waals surface area contributed by atoms with Crippen molar-refractivity contribution in [3.63, 3.8) is 0 Å². The van der Waals surface area contributed by atoms with Crippen molar-refractivity contribution in [2.75, 3.05) is 0 Å². The summed E-state index contributed by atoms with van der Waals surface area (Å²) in [6, 6.07) is 0. The molecule has 128 valence electrons. The molecular formula is C23H30O. The van der Waals surface area contributed by atoms with Crippen molar-refractivity contribution in [2.24, 2.45) is 52.8 Å². The third kappa shape index (κ3) is 1.81. The van der Waals surface area contributed by atoms with Crippen LogP contribution in [0.1, 0.15) is 58.8 Å². The topological polar surface area (TPSA) is 17.1 Å². The van der Waals surface area contributed by atoms with Crippen molar-refractivity contribution in [3.8, 4) is 12.3 Å². The zero-order chi connectivity index (χ0) is 16.6. The monoisotopic (exact) mass is 322 g/mol. The molecule has 0 aromatic heterocycles. The number of hydrogen-bond acceptors (Lipinski definition) is 1. The summed E-state index contributed by atoms with van der Waals surface area (Å²) in [5, 5.41) is 0. The van der Waals surface area contributed by atoms with E-state index in [-0.39, 0.29) is 0 Å². The SMILES string of the molecule is C#C[C@H]1[C@H]2C[C@H]2C2[C@H]3C(CC[C@@]21C)[C@H]1CCC(=O)C=C1C[C@@H]3CC. The van der Waals surface area contributed by atoms with Gasteiger partial charge in [0, 0.05) is 12.3 Å². The number of hydrogen-bond donors (Lipinski definition) is 0. The quantitative estimate of drug-likeness (QED) is 0.629. The second-order valence-corrected chi connectivity index (χ2v) is 9.72. The molecular weight excluding hydrogens is 292 g/mol. The van der Waals surface area contributed by atoms with E-state index in [1.54, 1.807) is 0 Å². The van der Waals surface area contributed by atoms with Crippen LogP contribution in [-0.2, 0) is 4.79 Å². The first-order valence-corrected chi connectivity index (χ1v) is 10.3. The van der Waals surface area contributed by atoms with Gasteiger partial charge in [-0.2, -0.15) is 0 Å². The van der Waals surface area contributed by atoms with Crippen LogP contribution in [-0.4, -0.2) is 5.78 Å². The lowest BCUT2D eigenvalue weighted by Gasteiger charge is -2.57. The normalized spacial score (nSPS) is 54.7. The van der Waals surface area contributed by atoms with Gasteiger partial charge in [-0.3, -0.25) is 4.79 Å². The van der Waals surface area contributed by atoms with Crippen LogP contribution in [0.5, 0.6) is 0 Å². The van der Waals surface area contributed by atoms with E-state index in [2.05, 4.69) is 19.8 Å². The molecule has 0 aliphatic heterocycles. The zero-order valence-corrected chi connectivity index (χ0v) is 15.1. The van der Waals surface area contributed by atoms with Gasteiger partial charge in [-0.05, 0) is 85.0 Å². The van der Waals surface area contributed by atoms with E-state index in [0.717, 1.165) is 48.3 Å². The average Bonchev–Trinajstić information content (AvgIpc) is 3.28. The van der Waals surface area contributed by atoms with Crippen LogP contribution in [0, 0.1) is 65.1 Å². The number of allylic oxidation sites excluding steroid dienone is 1. The van der Waals surface area contributed by atoms with Crippen molar-refractivity contribution in [1.29, 1.82) is 0 Å². The Hall–Kier alpha value is -1.03. The molecule has 5 aliphatic rings. The molecule has 0 radical (unpaired) electrons. The predicted octanol–water partition coefficient (Wildman–Crippen LogP) is 4.87. The van der Waals surface area contributed by atoms with E-state index in [1.807, 2.05) is 6.08 Å². The second kappa shape index (κ2) is 5.00. The minimum Gasteiger partial charge on any atom is -0.295 e. The predicted molar refractivity (Wildman–Crippen MR) is 95.9 cm³/mol. The first-order chi connectivity index (χ1) is 11.6. The molecule has 0 spiro atoms. The lowest BCUT2D eigenvalue weighted by Crippen LogP contribution is -2.51. The van der Waals surface area contributed by atoms with Crippen molar-refractivity contribution in [2.45, 2.75) is 58.8 Å². The molecule has 0 aromatic carbocycles. The van der Waals surface area contributed by atoms with Crippen molar-refractivity contribution < 1.29 is 4.79 Å². The fraction of sp³-hybridized carbons (Fsp3) is 0.783. The molecule has 4 saturated carbocycles. The molecule has 5 rings (SSSR count). The maximum atomic E-state index is 11.9. The molecule has 0 aromatic rings. The highest BCUT2D eigenvalue weighted by atomic mass is 16.1. The number of ketones is 1. The van der Waals surface area contributed by atoms with Crippen LogP contribution in [0.4, 0.5) is 0 Å². The largest absolute Gasteiger partial charge is 0.295 e. The minimum absolute atomic E-state index is 0.380. The smallest absolute Gasteiger partial charge is 0.155 e. The number of rotatable bonds is 1. The molecule has 4 fully saturated rings. The van der Waals surface area contributed by atoms with E-state index in [1.165, 1.54) is 37.7 Å². The van der Waals surface area contributed by atoms with Gasteiger partial charge in [-0.1, -0.05) is 25.8 Å². The Morgan fingerprint density at radius 1 is 1.29 bits per heavy atom. The van der Waals surface area contributed by atoms with Crippen molar-refractivity contribution in [3.05, 3.63) is 11.6 Å². The standard InChI is InChI=1S/C23H30O/c1-4-13-10-14-11-15(24)6-7-16(14)17-8-9-23(3)20(5-2)18-12-19(18)22(23)21(13)17/h2,11,13,16-22H,4,6-10,12H2,1,3H3/t13-,16-,17?,18-,19+,20-,21+,22?,23+/m0/s1. The van der Waals surface area contributed by atoms with Crippen LogP contribution in [0.15, 0.2) is 11.6 Å². The molecule has 2 unspecified atom stereocenters. The minimum atomic E-state index is 0.380. The van der Waals surface area contributed by atoms with E-state index in [0.29, 0.717) is 23.0 Å². The zero-order valence-electron chi connectivity index (χ0n) is 15.1. The van der Waals surface area contributed by atoms with Gasteiger partial charge < -0.3 is 0 Å². The lowest BCUT2D eigenvalue weighted by atomic mass is 9.47. The molecule has 0 heterocycles. The molecule has 0 saturated heterocycles. The van der Waals surface area contributed by atoms with Gasteiger partial charge in [0.2, 0.25) is 0 Å². The fourth-order valence-electron chi connectivity index (χ4n) is 8.05. The summed E-state index contributed by atoms with van der Waals surface area (Å²) in [4.78, 5) is 11.9. The van der Waals surface area contributed by atoms with E-state index >= 15 is 0 Å². The molecule has 0 N–H and O–H groups in total. The first kappa shape index (κ1) is 15.2. The summed E-state index contributed by atoms with van der Waals surface area (Å²) in [6.07, 6.45) is 16.5. The summed E-state index contributed by atoms with van der Waals surface area (Å²) < 4.78 is 0. The third-order valence-corrected chi connectivity index (χ3v) is 8.97. The first-order valence-electron chi connectivity index (χ1n) is 10.3. The number of carbonyl (C=O) groups is 1. The second-order valence-electron chi connectivity index (χ2n) is 9.72. The van der Waals surface area contributed by atoms with Gasteiger partial charge >= 0.3 is 0 Å². The van der Waals surface area contributed by atoms with Gasteiger partial charge in [-0.25, -0.2) is 0 Å². The van der Waals surface area contributed by atoms with Gasteiger partial charge in [0.25, 0.3) is 0 Å².